The highest BCUT2D eigenvalue weighted by Crippen LogP contribution is 2.23. The third-order valence-electron chi connectivity index (χ3n) is 4.37. The Morgan fingerprint density at radius 3 is 2.57 bits per heavy atom. The lowest BCUT2D eigenvalue weighted by Gasteiger charge is -2.34. The van der Waals surface area contributed by atoms with Gasteiger partial charge in [0.1, 0.15) is 6.23 Å². The molecule has 1 aliphatic heterocycles. The van der Waals surface area contributed by atoms with Crippen molar-refractivity contribution in [3.8, 4) is 0 Å². The van der Waals surface area contributed by atoms with Crippen LogP contribution in [-0.2, 0) is 30.9 Å². The summed E-state index contributed by atoms with van der Waals surface area (Å²) in [6, 6.07) is 11.0. The van der Waals surface area contributed by atoms with Crippen LogP contribution >= 0.6 is 11.6 Å². The van der Waals surface area contributed by atoms with Gasteiger partial charge < -0.3 is 15.4 Å². The highest BCUT2D eigenvalue weighted by Gasteiger charge is 2.34. The van der Waals surface area contributed by atoms with Crippen LogP contribution in [0.3, 0.4) is 0 Å². The monoisotopic (exact) mass is 452 g/mol. The van der Waals surface area contributed by atoms with E-state index in [1.165, 1.54) is 28.6 Å². The van der Waals surface area contributed by atoms with Crippen LogP contribution in [0.25, 0.3) is 0 Å². The Morgan fingerprint density at radius 2 is 1.87 bits per heavy atom. The Morgan fingerprint density at radius 1 is 1.13 bits per heavy atom. The van der Waals surface area contributed by atoms with Gasteiger partial charge in [-0.1, -0.05) is 17.7 Å². The first-order valence-corrected chi connectivity index (χ1v) is 11.0. The Labute approximate surface area is 179 Å². The van der Waals surface area contributed by atoms with Crippen molar-refractivity contribution in [2.24, 2.45) is 0 Å². The molecule has 1 saturated heterocycles. The molecule has 0 saturated carbocycles. The molecule has 0 unspecified atom stereocenters. The van der Waals surface area contributed by atoms with Gasteiger partial charge in [0.15, 0.2) is 0 Å². The number of benzene rings is 1. The molecule has 1 aliphatic rings. The molecular weight excluding hydrogens is 432 g/mol. The summed E-state index contributed by atoms with van der Waals surface area (Å²) in [5, 5.41) is 5.31. The molecule has 0 bridgehead atoms. The van der Waals surface area contributed by atoms with Crippen molar-refractivity contribution in [1.29, 1.82) is 0 Å². The van der Waals surface area contributed by atoms with Gasteiger partial charge >= 0.3 is 11.8 Å². The van der Waals surface area contributed by atoms with E-state index in [-0.39, 0.29) is 24.5 Å². The number of carbonyl (C=O) groups is 2. The van der Waals surface area contributed by atoms with Crippen LogP contribution in [0.15, 0.2) is 53.6 Å². The SMILES string of the molecule is O=C(NCc1ccccn1)C(=O)NC[C@H]1OCCCN1S(=O)(=O)c1ccc(Cl)cc1. The number of carbonyl (C=O) groups excluding carboxylic acids is 2. The standard InChI is InChI=1S/C19H21ClN4O5S/c20-14-5-7-16(8-6-14)30(27,28)24-10-3-11-29-17(24)13-23-19(26)18(25)22-12-15-4-1-2-9-21-15/h1-2,4-9,17H,3,10-13H2,(H,22,25)(H,23,26)/t17-/m1/s1. The summed E-state index contributed by atoms with van der Waals surface area (Å²) in [7, 11) is -3.85. The molecule has 9 nitrogen and oxygen atoms in total. The van der Waals surface area contributed by atoms with E-state index in [9.17, 15) is 18.0 Å². The van der Waals surface area contributed by atoms with Crippen molar-refractivity contribution in [3.63, 3.8) is 0 Å². The summed E-state index contributed by atoms with van der Waals surface area (Å²) >= 11 is 5.83. The van der Waals surface area contributed by atoms with Crippen molar-refractivity contribution in [3.05, 3.63) is 59.4 Å². The number of sulfonamides is 1. The molecule has 1 atom stereocenters. The zero-order valence-corrected chi connectivity index (χ0v) is 17.5. The van der Waals surface area contributed by atoms with E-state index in [0.29, 0.717) is 23.7 Å². The molecule has 2 aromatic rings. The minimum absolute atomic E-state index is 0.0711. The van der Waals surface area contributed by atoms with E-state index in [1.54, 1.807) is 24.4 Å². The summed E-state index contributed by atoms with van der Waals surface area (Å²) in [5.41, 5.74) is 0.606. The number of rotatable bonds is 6. The molecule has 1 fully saturated rings. The summed E-state index contributed by atoms with van der Waals surface area (Å²) in [6.45, 7) is 0.517. The number of halogens is 1. The normalized spacial score (nSPS) is 17.3. The smallest absolute Gasteiger partial charge is 0.309 e. The van der Waals surface area contributed by atoms with E-state index in [4.69, 9.17) is 16.3 Å². The maximum atomic E-state index is 13.0. The van der Waals surface area contributed by atoms with Crippen LogP contribution in [0.2, 0.25) is 5.02 Å². The van der Waals surface area contributed by atoms with E-state index >= 15 is 0 Å². The number of aromatic nitrogens is 1. The lowest BCUT2D eigenvalue weighted by atomic mass is 10.3. The fourth-order valence-corrected chi connectivity index (χ4v) is 4.55. The van der Waals surface area contributed by atoms with Crippen LogP contribution in [0.5, 0.6) is 0 Å². The second-order valence-corrected chi connectivity index (χ2v) is 8.79. The molecule has 160 valence electrons. The van der Waals surface area contributed by atoms with Gasteiger partial charge in [0.25, 0.3) is 0 Å². The molecule has 0 radical (unpaired) electrons. The summed E-state index contributed by atoms with van der Waals surface area (Å²) in [6.07, 6.45) is 1.17. The molecule has 3 rings (SSSR count). The number of hydrogen-bond donors (Lipinski definition) is 2. The maximum Gasteiger partial charge on any atom is 0.309 e. The molecule has 0 spiro atoms. The maximum absolute atomic E-state index is 13.0. The second kappa shape index (κ2) is 9.98. The number of ether oxygens (including phenoxy) is 1. The quantitative estimate of drug-likeness (QED) is 0.629. The van der Waals surface area contributed by atoms with Gasteiger partial charge in [-0.3, -0.25) is 14.6 Å². The van der Waals surface area contributed by atoms with Gasteiger partial charge in [0, 0.05) is 17.8 Å². The Balaban J connectivity index is 1.59. The first-order valence-electron chi connectivity index (χ1n) is 9.23. The number of pyridine rings is 1. The Hall–Kier alpha value is -2.53. The van der Waals surface area contributed by atoms with E-state index < -0.39 is 28.1 Å². The summed E-state index contributed by atoms with van der Waals surface area (Å²) < 4.78 is 32.6. The molecule has 2 amide bonds. The lowest BCUT2D eigenvalue weighted by molar-refractivity contribution is -0.140. The van der Waals surface area contributed by atoms with Gasteiger partial charge in [-0.05, 0) is 42.8 Å². The van der Waals surface area contributed by atoms with E-state index in [2.05, 4.69) is 15.6 Å². The van der Waals surface area contributed by atoms with Crippen LogP contribution in [0.1, 0.15) is 12.1 Å². The van der Waals surface area contributed by atoms with E-state index in [0.717, 1.165) is 0 Å². The van der Waals surface area contributed by atoms with Crippen LogP contribution in [-0.4, -0.2) is 55.4 Å². The molecule has 2 N–H and O–H groups in total. The molecule has 1 aromatic heterocycles. The van der Waals surface area contributed by atoms with Gasteiger partial charge in [0.05, 0.1) is 30.3 Å². The third kappa shape index (κ3) is 5.54. The first-order chi connectivity index (χ1) is 14.4. The molecule has 30 heavy (non-hydrogen) atoms. The zero-order valence-electron chi connectivity index (χ0n) is 16.0. The van der Waals surface area contributed by atoms with Crippen LogP contribution < -0.4 is 10.6 Å². The van der Waals surface area contributed by atoms with Crippen molar-refractivity contribution in [2.45, 2.75) is 24.1 Å². The molecule has 0 aliphatic carbocycles. The van der Waals surface area contributed by atoms with Crippen molar-refractivity contribution in [2.75, 3.05) is 19.7 Å². The second-order valence-electron chi connectivity index (χ2n) is 6.46. The molecule has 1 aromatic carbocycles. The lowest BCUT2D eigenvalue weighted by Crippen LogP contribution is -2.53. The Kier molecular flexibility index (Phi) is 7.38. The highest BCUT2D eigenvalue weighted by atomic mass is 35.5. The molecule has 11 heteroatoms. The zero-order chi connectivity index (χ0) is 21.6. The molecular formula is C19H21ClN4O5S. The minimum Gasteiger partial charge on any atom is -0.360 e. The number of nitrogens with one attached hydrogen (secondary N) is 2. The first kappa shape index (κ1) is 22.2. The van der Waals surface area contributed by atoms with Gasteiger partial charge in [-0.15, -0.1) is 0 Å². The number of nitrogens with zero attached hydrogens (tertiary/aromatic N) is 2. The average Bonchev–Trinajstić information content (AvgIpc) is 2.77. The third-order valence-corrected chi connectivity index (χ3v) is 6.53. The fraction of sp³-hybridized carbons (Fsp3) is 0.316. The van der Waals surface area contributed by atoms with Crippen molar-refractivity contribution in [1.82, 2.24) is 19.9 Å². The van der Waals surface area contributed by atoms with E-state index in [1.807, 2.05) is 0 Å². The van der Waals surface area contributed by atoms with Crippen molar-refractivity contribution < 1.29 is 22.7 Å². The number of amides is 2. The van der Waals surface area contributed by atoms with Crippen molar-refractivity contribution >= 4 is 33.4 Å². The van der Waals surface area contributed by atoms with Gasteiger partial charge in [-0.25, -0.2) is 8.42 Å². The topological polar surface area (TPSA) is 118 Å². The van der Waals surface area contributed by atoms with Crippen LogP contribution in [0.4, 0.5) is 0 Å². The largest absolute Gasteiger partial charge is 0.360 e. The van der Waals surface area contributed by atoms with Gasteiger partial charge in [-0.2, -0.15) is 4.31 Å². The van der Waals surface area contributed by atoms with Crippen LogP contribution in [0, 0.1) is 0 Å². The van der Waals surface area contributed by atoms with Gasteiger partial charge in [0.2, 0.25) is 10.0 Å². The number of hydrogen-bond acceptors (Lipinski definition) is 6. The molecule has 2 heterocycles. The average molecular weight is 453 g/mol. The highest BCUT2D eigenvalue weighted by molar-refractivity contribution is 7.89. The summed E-state index contributed by atoms with van der Waals surface area (Å²) in [5.74, 6) is -1.73. The minimum atomic E-state index is -3.85. The predicted molar refractivity (Wildman–Crippen MR) is 109 cm³/mol. The fourth-order valence-electron chi connectivity index (χ4n) is 2.86. The predicted octanol–water partition coefficient (Wildman–Crippen LogP) is 0.905. The Bertz CT molecular complexity index is 986. The summed E-state index contributed by atoms with van der Waals surface area (Å²) in [4.78, 5) is 28.2.